The van der Waals surface area contributed by atoms with Crippen molar-refractivity contribution in [1.29, 1.82) is 0 Å². The zero-order valence-corrected chi connectivity index (χ0v) is 24.0. The molecule has 1 N–H and O–H groups in total. The molecule has 0 bridgehead atoms. The lowest BCUT2D eigenvalue weighted by Gasteiger charge is -2.33. The lowest BCUT2D eigenvalue weighted by molar-refractivity contribution is -0.136. The lowest BCUT2D eigenvalue weighted by atomic mass is 9.98. The lowest BCUT2D eigenvalue weighted by Crippen LogP contribution is -2.50. The van der Waals surface area contributed by atoms with Crippen LogP contribution in [0.25, 0.3) is 22.5 Å². The van der Waals surface area contributed by atoms with E-state index >= 15 is 0 Å². The van der Waals surface area contributed by atoms with Crippen LogP contribution in [0.15, 0.2) is 78.9 Å². The average Bonchev–Trinajstić information content (AvgIpc) is 3.59. The van der Waals surface area contributed by atoms with Gasteiger partial charge in [-0.15, -0.1) is 10.2 Å². The first-order valence-electron chi connectivity index (χ1n) is 14.5. The second kappa shape index (κ2) is 14.4. The summed E-state index contributed by atoms with van der Waals surface area (Å²) >= 11 is 0. The number of hydrogen-bond donors (Lipinski definition) is 1. The smallest absolute Gasteiger partial charge is 0.321 e. The van der Waals surface area contributed by atoms with Crippen molar-refractivity contribution in [1.82, 2.24) is 35.3 Å². The number of carbonyl (C=O) groups excluding carboxylic acids is 2. The van der Waals surface area contributed by atoms with Crippen LogP contribution in [0, 0.1) is 0 Å². The molecule has 10 nitrogen and oxygen atoms in total. The Bertz CT molecular complexity index is 1420. The zero-order chi connectivity index (χ0) is 29.1. The second-order valence-corrected chi connectivity index (χ2v) is 10.4. The molecule has 10 heteroatoms. The molecule has 1 saturated heterocycles. The molecule has 3 aromatic carbocycles. The third-order valence-electron chi connectivity index (χ3n) is 7.38. The Morgan fingerprint density at radius 3 is 2.21 bits per heavy atom. The molecular weight excluding hydrogens is 530 g/mol. The molecule has 0 unspecified atom stereocenters. The van der Waals surface area contributed by atoms with Gasteiger partial charge in [0.2, 0.25) is 11.7 Å². The Balaban J connectivity index is 1.35. The Morgan fingerprint density at radius 2 is 1.52 bits per heavy atom. The van der Waals surface area contributed by atoms with Gasteiger partial charge in [0.1, 0.15) is 6.54 Å². The number of H-pyrrole nitrogens is 1. The van der Waals surface area contributed by atoms with E-state index in [0.29, 0.717) is 51.8 Å². The van der Waals surface area contributed by atoms with Crippen molar-refractivity contribution in [2.45, 2.75) is 32.9 Å². The van der Waals surface area contributed by atoms with Crippen LogP contribution in [0.4, 0.5) is 4.79 Å². The molecule has 1 aliphatic rings. The molecule has 1 aromatic heterocycles. The van der Waals surface area contributed by atoms with Crippen LogP contribution in [0.1, 0.15) is 30.9 Å². The van der Waals surface area contributed by atoms with E-state index in [4.69, 9.17) is 4.74 Å². The molecule has 3 amide bonds. The van der Waals surface area contributed by atoms with E-state index in [1.165, 1.54) is 0 Å². The van der Waals surface area contributed by atoms with Gasteiger partial charge in [-0.2, -0.15) is 5.21 Å². The fraction of sp³-hybridized carbons (Fsp3) is 0.344. The minimum atomic E-state index is -0.138. The summed E-state index contributed by atoms with van der Waals surface area (Å²) in [6.45, 7) is 5.71. The molecule has 4 aromatic rings. The Morgan fingerprint density at radius 1 is 0.857 bits per heavy atom. The van der Waals surface area contributed by atoms with Crippen molar-refractivity contribution in [2.24, 2.45) is 0 Å². The number of nitrogens with zero attached hydrogens (tertiary/aromatic N) is 6. The number of hydrogen-bond acceptors (Lipinski definition) is 6. The molecule has 0 spiro atoms. The molecule has 42 heavy (non-hydrogen) atoms. The normalized spacial score (nSPS) is 13.1. The summed E-state index contributed by atoms with van der Waals surface area (Å²) < 4.78 is 5.42. The number of nitrogens with one attached hydrogen (secondary N) is 1. The summed E-state index contributed by atoms with van der Waals surface area (Å²) in [7, 11) is 0. The molecular formula is C32H37N7O3. The van der Waals surface area contributed by atoms with Gasteiger partial charge in [0.25, 0.3) is 0 Å². The van der Waals surface area contributed by atoms with Gasteiger partial charge in [0, 0.05) is 38.3 Å². The molecule has 0 saturated carbocycles. The van der Waals surface area contributed by atoms with Gasteiger partial charge >= 0.3 is 6.03 Å². The van der Waals surface area contributed by atoms with Gasteiger partial charge < -0.3 is 19.4 Å². The highest BCUT2D eigenvalue weighted by Crippen LogP contribution is 2.30. The van der Waals surface area contributed by atoms with E-state index in [0.717, 1.165) is 40.7 Å². The summed E-state index contributed by atoms with van der Waals surface area (Å²) in [6.07, 6.45) is 1.83. The first kappa shape index (κ1) is 28.9. The van der Waals surface area contributed by atoms with Crippen molar-refractivity contribution in [2.75, 3.05) is 39.4 Å². The van der Waals surface area contributed by atoms with Gasteiger partial charge in [-0.3, -0.25) is 4.79 Å². The third kappa shape index (κ3) is 7.38. The largest absolute Gasteiger partial charge is 0.378 e. The molecule has 2 heterocycles. The number of amides is 3. The van der Waals surface area contributed by atoms with Crippen LogP contribution in [0.3, 0.4) is 0 Å². The maximum absolute atomic E-state index is 14.1. The molecule has 5 rings (SSSR count). The fourth-order valence-electron chi connectivity index (χ4n) is 5.08. The van der Waals surface area contributed by atoms with E-state index in [9.17, 15) is 9.59 Å². The number of aromatic amines is 1. The Labute approximate surface area is 246 Å². The van der Waals surface area contributed by atoms with Crippen molar-refractivity contribution in [3.8, 4) is 22.5 Å². The van der Waals surface area contributed by atoms with Crippen molar-refractivity contribution in [3.63, 3.8) is 0 Å². The van der Waals surface area contributed by atoms with E-state index in [-0.39, 0.29) is 18.5 Å². The molecule has 0 radical (unpaired) electrons. The summed E-state index contributed by atoms with van der Waals surface area (Å²) in [5.74, 6) is 0.485. The summed E-state index contributed by atoms with van der Waals surface area (Å²) in [5.41, 5.74) is 4.91. The van der Waals surface area contributed by atoms with Gasteiger partial charge in [0.05, 0.1) is 13.2 Å². The van der Waals surface area contributed by atoms with E-state index < -0.39 is 0 Å². The standard InChI is InChI=1S/C32H37N7O3/c1-2-3-17-38(22-26-13-15-27(16-14-26)28-11-7-8-12-29(28)31-33-35-36-34-31)32(41)39(23-25-9-5-4-6-10-25)24-30(40)37-18-20-42-21-19-37/h4-16H,2-3,17-24H2,1H3,(H,33,34,35,36). The average molecular weight is 568 g/mol. The number of ether oxygens (including phenoxy) is 1. The second-order valence-electron chi connectivity index (χ2n) is 10.4. The van der Waals surface area contributed by atoms with Crippen LogP contribution in [0.2, 0.25) is 0 Å². The van der Waals surface area contributed by atoms with Gasteiger partial charge in [-0.05, 0) is 33.9 Å². The highest BCUT2D eigenvalue weighted by molar-refractivity contribution is 5.84. The predicted octanol–water partition coefficient (Wildman–Crippen LogP) is 4.62. The van der Waals surface area contributed by atoms with Gasteiger partial charge in [-0.1, -0.05) is 92.2 Å². The number of carbonyl (C=O) groups is 2. The molecule has 1 fully saturated rings. The quantitative estimate of drug-likeness (QED) is 0.284. The Hall–Kier alpha value is -4.57. The molecule has 218 valence electrons. The minimum Gasteiger partial charge on any atom is -0.378 e. The van der Waals surface area contributed by atoms with Crippen molar-refractivity contribution >= 4 is 11.9 Å². The number of rotatable bonds is 11. The summed E-state index contributed by atoms with van der Waals surface area (Å²) in [6, 6.07) is 25.8. The number of morpholine rings is 1. The number of aromatic nitrogens is 4. The fourth-order valence-corrected chi connectivity index (χ4v) is 5.08. The molecule has 0 aliphatic carbocycles. The van der Waals surface area contributed by atoms with E-state index in [1.54, 1.807) is 9.80 Å². The van der Waals surface area contributed by atoms with Crippen LogP contribution in [-0.4, -0.2) is 86.7 Å². The van der Waals surface area contributed by atoms with Crippen LogP contribution >= 0.6 is 0 Å². The first-order valence-corrected chi connectivity index (χ1v) is 14.5. The van der Waals surface area contributed by atoms with E-state index in [2.05, 4.69) is 51.8 Å². The highest BCUT2D eigenvalue weighted by Gasteiger charge is 2.26. The van der Waals surface area contributed by atoms with Crippen LogP contribution in [0.5, 0.6) is 0 Å². The number of benzene rings is 3. The zero-order valence-electron chi connectivity index (χ0n) is 24.0. The van der Waals surface area contributed by atoms with Gasteiger partial charge in [-0.25, -0.2) is 4.79 Å². The number of unbranched alkanes of at least 4 members (excludes halogenated alkanes) is 1. The Kier molecular flexibility index (Phi) is 9.90. The monoisotopic (exact) mass is 567 g/mol. The van der Waals surface area contributed by atoms with Crippen LogP contribution < -0.4 is 0 Å². The van der Waals surface area contributed by atoms with Crippen molar-refractivity contribution < 1.29 is 14.3 Å². The SMILES string of the molecule is CCCCN(Cc1ccc(-c2ccccc2-c2nn[nH]n2)cc1)C(=O)N(CC(=O)N1CCOCC1)Cc1ccccc1. The van der Waals surface area contributed by atoms with Crippen LogP contribution in [-0.2, 0) is 22.6 Å². The van der Waals surface area contributed by atoms with E-state index in [1.807, 2.05) is 59.5 Å². The predicted molar refractivity (Wildman–Crippen MR) is 160 cm³/mol. The van der Waals surface area contributed by atoms with Crippen molar-refractivity contribution in [3.05, 3.63) is 90.0 Å². The minimum absolute atomic E-state index is 0.0299. The number of urea groups is 1. The third-order valence-corrected chi connectivity index (χ3v) is 7.38. The summed E-state index contributed by atoms with van der Waals surface area (Å²) in [5, 5.41) is 14.5. The first-order chi connectivity index (χ1) is 20.6. The summed E-state index contributed by atoms with van der Waals surface area (Å²) in [4.78, 5) is 32.6. The maximum atomic E-state index is 14.1. The topological polar surface area (TPSA) is 108 Å². The molecule has 1 aliphatic heterocycles. The number of tetrazole rings is 1. The highest BCUT2D eigenvalue weighted by atomic mass is 16.5. The van der Waals surface area contributed by atoms with Gasteiger partial charge in [0.15, 0.2) is 0 Å². The molecule has 0 atom stereocenters. The maximum Gasteiger partial charge on any atom is 0.321 e.